The molecule has 1 fully saturated rings. The first-order chi connectivity index (χ1) is 17.7. The lowest BCUT2D eigenvalue weighted by molar-refractivity contribution is 0.0709. The van der Waals surface area contributed by atoms with Gasteiger partial charge in [-0.25, -0.2) is 0 Å². The fourth-order valence-electron chi connectivity index (χ4n) is 5.74. The maximum absolute atomic E-state index is 13.5. The zero-order valence-corrected chi connectivity index (χ0v) is 23.4. The van der Waals surface area contributed by atoms with Crippen LogP contribution in [0.15, 0.2) is 41.8 Å². The number of aryl methyl sites for hydroxylation is 3. The molecule has 3 heterocycles. The number of pyridine rings is 1. The highest BCUT2D eigenvalue weighted by molar-refractivity contribution is 7.12. The van der Waals surface area contributed by atoms with Gasteiger partial charge in [0.05, 0.1) is 11.1 Å². The molecule has 2 aliphatic rings. The number of hydrogen-bond acceptors (Lipinski definition) is 5. The van der Waals surface area contributed by atoms with Crippen LogP contribution in [0.3, 0.4) is 0 Å². The Bertz CT molecular complexity index is 1310. The topological polar surface area (TPSA) is 56.8 Å². The lowest BCUT2D eigenvalue weighted by Crippen LogP contribution is -2.45. The normalized spacial score (nSPS) is 17.5. The van der Waals surface area contributed by atoms with E-state index in [1.54, 1.807) is 11.0 Å². The van der Waals surface area contributed by atoms with Crippen molar-refractivity contribution < 1.29 is 9.59 Å². The first kappa shape index (κ1) is 25.7. The summed E-state index contributed by atoms with van der Waals surface area (Å²) in [7, 11) is 3.75. The molecular weight excluding hydrogens is 504 g/mol. The molecule has 8 heteroatoms. The third-order valence-corrected chi connectivity index (χ3v) is 9.13. The summed E-state index contributed by atoms with van der Waals surface area (Å²) in [6, 6.07) is 12.2. The number of amides is 2. The molecule has 1 aliphatic carbocycles. The monoisotopic (exact) mass is 536 g/mol. The molecule has 1 saturated heterocycles. The van der Waals surface area contributed by atoms with Crippen LogP contribution in [0.4, 0.5) is 5.69 Å². The fraction of sp³-hybridized carbons (Fsp3) is 0.414. The number of carbonyl (C=O) groups is 2. The van der Waals surface area contributed by atoms with Gasteiger partial charge in [-0.3, -0.25) is 14.6 Å². The van der Waals surface area contributed by atoms with Gasteiger partial charge < -0.3 is 14.7 Å². The van der Waals surface area contributed by atoms with Gasteiger partial charge in [-0.1, -0.05) is 17.7 Å². The predicted octanol–water partition coefficient (Wildman–Crippen LogP) is 5.91. The van der Waals surface area contributed by atoms with Gasteiger partial charge in [0.15, 0.2) is 0 Å². The molecule has 194 valence electrons. The number of piperidine rings is 1. The third-order valence-electron chi connectivity index (χ3n) is 7.80. The van der Waals surface area contributed by atoms with Crippen LogP contribution >= 0.6 is 22.9 Å². The highest BCUT2D eigenvalue weighted by Gasteiger charge is 2.32. The molecule has 1 atom stereocenters. The predicted molar refractivity (Wildman–Crippen MR) is 150 cm³/mol. The summed E-state index contributed by atoms with van der Waals surface area (Å²) in [4.78, 5) is 37.8. The quantitative estimate of drug-likeness (QED) is 0.406. The standard InChI is InChI=1S/C29H33ClN4O2S/c1-18-15-23(16-19(2)31-18)34-12-9-22(10-13-34)32(3)28(35)21-6-5-20-7-8-26(24(20)17-21)33(4)29(36)27-25(30)11-14-37-27/h5-6,11,14-17,22,26H,7-10,12-13H2,1-4H3. The number of nitrogens with zero attached hydrogens (tertiary/aromatic N) is 4. The maximum atomic E-state index is 13.5. The fourth-order valence-corrected chi connectivity index (χ4v) is 6.86. The summed E-state index contributed by atoms with van der Waals surface area (Å²) in [5.41, 5.74) is 6.24. The summed E-state index contributed by atoms with van der Waals surface area (Å²) in [5, 5.41) is 2.33. The molecule has 5 rings (SSSR count). The van der Waals surface area contributed by atoms with Crippen molar-refractivity contribution in [2.45, 2.75) is 51.6 Å². The average molecular weight is 537 g/mol. The van der Waals surface area contributed by atoms with E-state index in [4.69, 9.17) is 11.6 Å². The van der Waals surface area contributed by atoms with E-state index in [1.165, 1.54) is 22.6 Å². The minimum absolute atomic E-state index is 0.0396. The van der Waals surface area contributed by atoms with Gasteiger partial charge in [-0.15, -0.1) is 11.3 Å². The van der Waals surface area contributed by atoms with Crippen LogP contribution in [-0.2, 0) is 6.42 Å². The van der Waals surface area contributed by atoms with Crippen molar-refractivity contribution >= 4 is 40.4 Å². The smallest absolute Gasteiger partial charge is 0.265 e. The van der Waals surface area contributed by atoms with E-state index in [-0.39, 0.29) is 23.9 Å². The largest absolute Gasteiger partial charge is 0.371 e. The third kappa shape index (κ3) is 5.12. The van der Waals surface area contributed by atoms with Gasteiger partial charge in [0.25, 0.3) is 11.8 Å². The van der Waals surface area contributed by atoms with Crippen molar-refractivity contribution in [1.82, 2.24) is 14.8 Å². The van der Waals surface area contributed by atoms with E-state index in [0.717, 1.165) is 55.7 Å². The Balaban J connectivity index is 1.27. The summed E-state index contributed by atoms with van der Waals surface area (Å²) < 4.78 is 0. The zero-order chi connectivity index (χ0) is 26.3. The molecule has 0 N–H and O–H groups in total. The molecular formula is C29H33ClN4O2S. The van der Waals surface area contributed by atoms with Gasteiger partial charge >= 0.3 is 0 Å². The first-order valence-electron chi connectivity index (χ1n) is 12.8. The van der Waals surface area contributed by atoms with Crippen molar-refractivity contribution in [3.05, 3.63) is 79.8 Å². The van der Waals surface area contributed by atoms with E-state index in [1.807, 2.05) is 50.4 Å². The SMILES string of the molecule is Cc1cc(N2CCC(N(C)C(=O)c3ccc4c(c3)C(N(C)C(=O)c3sccc3Cl)CC4)CC2)cc(C)n1. The van der Waals surface area contributed by atoms with Crippen molar-refractivity contribution in [2.75, 3.05) is 32.1 Å². The van der Waals surface area contributed by atoms with Crippen LogP contribution in [0.5, 0.6) is 0 Å². The summed E-state index contributed by atoms with van der Waals surface area (Å²) in [5.74, 6) is -0.0316. The number of thiophene rings is 1. The van der Waals surface area contributed by atoms with E-state index < -0.39 is 0 Å². The molecule has 0 saturated carbocycles. The van der Waals surface area contributed by atoms with E-state index in [2.05, 4.69) is 28.1 Å². The second-order valence-electron chi connectivity index (χ2n) is 10.2. The van der Waals surface area contributed by atoms with Gasteiger partial charge in [0.1, 0.15) is 4.88 Å². The number of anilines is 1. The van der Waals surface area contributed by atoms with Crippen LogP contribution in [0, 0.1) is 13.8 Å². The number of fused-ring (bicyclic) bond motifs is 1. The Hall–Kier alpha value is -2.90. The number of aromatic nitrogens is 1. The van der Waals surface area contributed by atoms with Gasteiger partial charge in [0.2, 0.25) is 0 Å². The van der Waals surface area contributed by atoms with Crippen LogP contribution in [0.25, 0.3) is 0 Å². The van der Waals surface area contributed by atoms with E-state index >= 15 is 0 Å². The van der Waals surface area contributed by atoms with E-state index in [0.29, 0.717) is 15.5 Å². The van der Waals surface area contributed by atoms with Crippen LogP contribution in [0.2, 0.25) is 5.02 Å². The van der Waals surface area contributed by atoms with E-state index in [9.17, 15) is 9.59 Å². The second-order valence-corrected chi connectivity index (χ2v) is 11.5. The molecule has 1 unspecified atom stereocenters. The zero-order valence-electron chi connectivity index (χ0n) is 21.8. The number of rotatable bonds is 5. The number of halogens is 1. The number of hydrogen-bond donors (Lipinski definition) is 0. The first-order valence-corrected chi connectivity index (χ1v) is 14.1. The molecule has 0 spiro atoms. The lowest BCUT2D eigenvalue weighted by atomic mass is 9.99. The maximum Gasteiger partial charge on any atom is 0.265 e. The Morgan fingerprint density at radius 3 is 2.32 bits per heavy atom. The molecule has 2 amide bonds. The summed E-state index contributed by atoms with van der Waals surface area (Å²) in [6.45, 7) is 5.88. The molecule has 1 aliphatic heterocycles. The Morgan fingerprint density at radius 2 is 1.68 bits per heavy atom. The van der Waals surface area contributed by atoms with Crippen molar-refractivity contribution in [3.8, 4) is 0 Å². The summed E-state index contributed by atoms with van der Waals surface area (Å²) in [6.07, 6.45) is 3.59. The molecule has 2 aromatic heterocycles. The minimum atomic E-state index is -0.0713. The van der Waals surface area contributed by atoms with Gasteiger partial charge in [-0.2, -0.15) is 0 Å². The minimum Gasteiger partial charge on any atom is -0.371 e. The Morgan fingerprint density at radius 1 is 0.973 bits per heavy atom. The van der Waals surface area contributed by atoms with Crippen molar-refractivity contribution in [2.24, 2.45) is 0 Å². The Kier molecular flexibility index (Phi) is 7.28. The Labute approximate surface area is 227 Å². The second kappa shape index (κ2) is 10.5. The molecule has 1 aromatic carbocycles. The molecule has 0 bridgehead atoms. The van der Waals surface area contributed by atoms with Crippen molar-refractivity contribution in [1.29, 1.82) is 0 Å². The lowest BCUT2D eigenvalue weighted by Gasteiger charge is -2.38. The van der Waals surface area contributed by atoms with Crippen LogP contribution < -0.4 is 4.90 Å². The highest BCUT2D eigenvalue weighted by atomic mass is 35.5. The molecule has 37 heavy (non-hydrogen) atoms. The van der Waals surface area contributed by atoms with Gasteiger partial charge in [0, 0.05) is 55.9 Å². The average Bonchev–Trinajstić information content (AvgIpc) is 3.52. The number of benzene rings is 1. The molecule has 0 radical (unpaired) electrons. The van der Waals surface area contributed by atoms with Crippen molar-refractivity contribution in [3.63, 3.8) is 0 Å². The molecule has 3 aromatic rings. The van der Waals surface area contributed by atoms with Gasteiger partial charge in [-0.05, 0) is 86.4 Å². The number of carbonyl (C=O) groups excluding carboxylic acids is 2. The van der Waals surface area contributed by atoms with Crippen LogP contribution in [-0.4, -0.2) is 59.8 Å². The summed E-state index contributed by atoms with van der Waals surface area (Å²) >= 11 is 7.59. The highest BCUT2D eigenvalue weighted by Crippen LogP contribution is 2.38. The molecule has 6 nitrogen and oxygen atoms in total. The van der Waals surface area contributed by atoms with Crippen LogP contribution in [0.1, 0.15) is 67.8 Å².